The third kappa shape index (κ3) is 3.32. The lowest BCUT2D eigenvalue weighted by atomic mass is 9.91. The van der Waals surface area contributed by atoms with Crippen LogP contribution in [0.2, 0.25) is 0 Å². The number of ether oxygens (including phenoxy) is 2. The molecule has 228 valence electrons. The molecular weight excluding hydrogens is 570 g/mol. The van der Waals surface area contributed by atoms with Crippen LogP contribution < -0.4 is 11.1 Å². The van der Waals surface area contributed by atoms with Crippen LogP contribution in [0.1, 0.15) is 41.2 Å². The quantitative estimate of drug-likeness (QED) is 0.274. The summed E-state index contributed by atoms with van der Waals surface area (Å²) in [5, 5.41) is 7.15. The Hall–Kier alpha value is -4.71. The third-order valence-corrected chi connectivity index (χ3v) is 10.3. The number of para-hydroxylation sites is 2. The number of methoxy groups -OCH3 is 1. The highest BCUT2D eigenvalue weighted by Crippen LogP contribution is 2.54. The van der Waals surface area contributed by atoms with Gasteiger partial charge in [-0.05, 0) is 24.6 Å². The van der Waals surface area contributed by atoms with Gasteiger partial charge in [-0.1, -0.05) is 36.4 Å². The molecule has 3 aromatic heterocycles. The average molecular weight is 604 g/mol. The SMILES string of the molecule is CO[C@@H]1[C@H](N(C)C(=O)[C@@H](N)Cc2c[nH]cn2)C[C@H]2O[C@]1(C)n1c3ccccc3c3c4c(c5c6ccccc6n2c5c31)C(=O)NC4. The molecule has 9 rings (SSSR count). The molecule has 11 nitrogen and oxygen atoms in total. The summed E-state index contributed by atoms with van der Waals surface area (Å²) in [6.07, 6.45) is 3.12. The van der Waals surface area contributed by atoms with E-state index in [1.165, 1.54) is 0 Å². The second-order valence-electron chi connectivity index (χ2n) is 12.6. The highest BCUT2D eigenvalue weighted by Gasteiger charge is 2.55. The maximum Gasteiger partial charge on any atom is 0.252 e. The van der Waals surface area contributed by atoms with Gasteiger partial charge < -0.3 is 39.5 Å². The number of carbonyl (C=O) groups is 2. The summed E-state index contributed by atoms with van der Waals surface area (Å²) in [5.74, 6) is -0.250. The van der Waals surface area contributed by atoms with Crippen molar-refractivity contribution in [3.8, 4) is 0 Å². The van der Waals surface area contributed by atoms with Crippen LogP contribution in [0.5, 0.6) is 0 Å². The number of aromatic nitrogens is 4. The van der Waals surface area contributed by atoms with Gasteiger partial charge in [-0.3, -0.25) is 9.59 Å². The van der Waals surface area contributed by atoms with Crippen molar-refractivity contribution in [3.63, 3.8) is 0 Å². The van der Waals surface area contributed by atoms with Gasteiger partial charge >= 0.3 is 0 Å². The molecule has 0 aliphatic carbocycles. The van der Waals surface area contributed by atoms with Gasteiger partial charge in [0.05, 0.1) is 51.7 Å². The molecule has 6 heterocycles. The van der Waals surface area contributed by atoms with Crippen LogP contribution in [0, 0.1) is 0 Å². The number of fused-ring (bicyclic) bond motifs is 13. The van der Waals surface area contributed by atoms with Gasteiger partial charge in [0.2, 0.25) is 5.91 Å². The van der Waals surface area contributed by atoms with Crippen LogP contribution in [-0.4, -0.2) is 68.2 Å². The molecule has 0 spiro atoms. The number of amides is 2. The number of imidazole rings is 1. The zero-order valence-electron chi connectivity index (χ0n) is 25.2. The van der Waals surface area contributed by atoms with Crippen LogP contribution in [0.3, 0.4) is 0 Å². The van der Waals surface area contributed by atoms with Crippen LogP contribution >= 0.6 is 0 Å². The molecule has 0 radical (unpaired) electrons. The second kappa shape index (κ2) is 9.16. The molecule has 45 heavy (non-hydrogen) atoms. The number of hydrogen-bond acceptors (Lipinski definition) is 6. The van der Waals surface area contributed by atoms with E-state index in [0.29, 0.717) is 19.4 Å². The second-order valence-corrected chi connectivity index (χ2v) is 12.6. The van der Waals surface area contributed by atoms with Crippen molar-refractivity contribution in [1.82, 2.24) is 29.3 Å². The molecule has 0 unspecified atom stereocenters. The maximum atomic E-state index is 13.9. The Morgan fingerprint density at radius 2 is 1.89 bits per heavy atom. The third-order valence-electron chi connectivity index (χ3n) is 10.3. The number of carbonyl (C=O) groups excluding carboxylic acids is 2. The van der Waals surface area contributed by atoms with Gasteiger partial charge in [0.1, 0.15) is 12.3 Å². The predicted molar refractivity (Wildman–Crippen MR) is 170 cm³/mol. The van der Waals surface area contributed by atoms with E-state index in [0.717, 1.165) is 60.4 Å². The lowest BCUT2D eigenvalue weighted by Crippen LogP contribution is -2.62. The predicted octanol–water partition coefficient (Wildman–Crippen LogP) is 3.89. The molecule has 5 atom stereocenters. The summed E-state index contributed by atoms with van der Waals surface area (Å²) in [4.78, 5) is 36.5. The normalized spacial score (nSPS) is 24.4. The molecule has 4 N–H and O–H groups in total. The summed E-state index contributed by atoms with van der Waals surface area (Å²) in [7, 11) is 3.49. The number of hydrogen-bond donors (Lipinski definition) is 3. The molecule has 3 aliphatic heterocycles. The fraction of sp³-hybridized carbons (Fsp3) is 0.324. The lowest BCUT2D eigenvalue weighted by Gasteiger charge is -2.50. The smallest absolute Gasteiger partial charge is 0.252 e. The first kappa shape index (κ1) is 26.7. The van der Waals surface area contributed by atoms with E-state index in [4.69, 9.17) is 15.2 Å². The van der Waals surface area contributed by atoms with Crippen molar-refractivity contribution in [1.29, 1.82) is 0 Å². The van der Waals surface area contributed by atoms with Crippen LogP contribution in [0.4, 0.5) is 0 Å². The number of nitrogens with two attached hydrogens (primary N) is 1. The first-order chi connectivity index (χ1) is 21.8. The van der Waals surface area contributed by atoms with Crippen molar-refractivity contribution in [2.24, 2.45) is 5.73 Å². The molecule has 3 aromatic carbocycles. The summed E-state index contributed by atoms with van der Waals surface area (Å²) in [6.45, 7) is 2.52. The Morgan fingerprint density at radius 3 is 2.62 bits per heavy atom. The number of likely N-dealkylation sites (N-methyl/N-ethyl adjacent to an activating group) is 1. The molecule has 1 saturated heterocycles. The maximum absolute atomic E-state index is 13.9. The summed E-state index contributed by atoms with van der Waals surface area (Å²) in [5.41, 5.74) is 11.9. The summed E-state index contributed by atoms with van der Waals surface area (Å²) in [6, 6.07) is 15.3. The number of H-pyrrole nitrogens is 1. The highest BCUT2D eigenvalue weighted by molar-refractivity contribution is 6.31. The Bertz CT molecular complexity index is 2220. The van der Waals surface area contributed by atoms with E-state index < -0.39 is 24.1 Å². The lowest BCUT2D eigenvalue weighted by molar-refractivity contribution is -0.266. The minimum Gasteiger partial charge on any atom is -0.374 e. The van der Waals surface area contributed by atoms with Crippen molar-refractivity contribution in [2.45, 2.75) is 56.5 Å². The van der Waals surface area contributed by atoms with Crippen molar-refractivity contribution < 1.29 is 19.1 Å². The van der Waals surface area contributed by atoms with Crippen LogP contribution in [-0.2, 0) is 33.0 Å². The van der Waals surface area contributed by atoms with Gasteiger partial charge in [-0.25, -0.2) is 4.98 Å². The van der Waals surface area contributed by atoms with E-state index in [2.05, 4.69) is 55.6 Å². The largest absolute Gasteiger partial charge is 0.374 e. The minimum atomic E-state index is -1.03. The summed E-state index contributed by atoms with van der Waals surface area (Å²) < 4.78 is 18.1. The minimum absolute atomic E-state index is 0.0603. The molecular formula is C34H33N7O4. The zero-order valence-corrected chi connectivity index (χ0v) is 25.2. The Labute approximate surface area is 257 Å². The average Bonchev–Trinajstić information content (AvgIpc) is 3.82. The fourth-order valence-corrected chi connectivity index (χ4v) is 8.53. The molecule has 11 heteroatoms. The van der Waals surface area contributed by atoms with E-state index in [9.17, 15) is 9.59 Å². The number of nitrogens with zero attached hydrogens (tertiary/aromatic N) is 4. The molecule has 6 aromatic rings. The number of rotatable bonds is 5. The topological polar surface area (TPSA) is 132 Å². The molecule has 1 fully saturated rings. The first-order valence-electron chi connectivity index (χ1n) is 15.3. The Kier molecular flexibility index (Phi) is 5.43. The number of aromatic amines is 1. The zero-order chi connectivity index (χ0) is 30.8. The molecule has 0 saturated carbocycles. The van der Waals surface area contributed by atoms with Gasteiger partial charge in [-0.15, -0.1) is 0 Å². The standard InChI is InChI=1S/C34H33N7O4/c1-34-31(44-3)24(39(2)33(43)21(35)12-17-14-36-16-38-17)13-25(45-34)40-22-10-6-4-8-18(22)27-28-20(15-37-32(28)42)26-19-9-5-7-11-23(19)41(34)30(26)29(27)40/h4-11,14,16,21,24-25,31H,12-13,15,35H2,1-3H3,(H,36,38)(H,37,42)/t21-,24+,25+,31+,34-/m0/s1. The van der Waals surface area contributed by atoms with Crippen LogP contribution in [0.15, 0.2) is 61.1 Å². The van der Waals surface area contributed by atoms with Crippen molar-refractivity contribution in [3.05, 3.63) is 77.9 Å². The van der Waals surface area contributed by atoms with E-state index >= 15 is 0 Å². The van der Waals surface area contributed by atoms with Gasteiger partial charge in [-0.2, -0.15) is 0 Å². The highest BCUT2D eigenvalue weighted by atomic mass is 16.6. The van der Waals surface area contributed by atoms with Crippen molar-refractivity contribution >= 4 is 55.4 Å². The Morgan fingerprint density at radius 1 is 1.16 bits per heavy atom. The molecule has 3 aliphatic rings. The fourth-order valence-electron chi connectivity index (χ4n) is 8.53. The van der Waals surface area contributed by atoms with E-state index in [1.54, 1.807) is 24.5 Å². The first-order valence-corrected chi connectivity index (χ1v) is 15.3. The number of nitrogens with one attached hydrogen (secondary N) is 2. The van der Waals surface area contributed by atoms with E-state index in [-0.39, 0.29) is 17.9 Å². The van der Waals surface area contributed by atoms with Gasteiger partial charge in [0.15, 0.2) is 5.72 Å². The van der Waals surface area contributed by atoms with Crippen molar-refractivity contribution in [2.75, 3.05) is 14.2 Å². The monoisotopic (exact) mass is 603 g/mol. The number of benzene rings is 3. The summed E-state index contributed by atoms with van der Waals surface area (Å²) >= 11 is 0. The van der Waals surface area contributed by atoms with Gasteiger partial charge in [0.25, 0.3) is 5.91 Å². The van der Waals surface area contributed by atoms with Gasteiger partial charge in [0, 0.05) is 61.3 Å². The van der Waals surface area contributed by atoms with E-state index in [1.807, 2.05) is 31.3 Å². The molecule has 2 amide bonds. The Balaban J connectivity index is 1.34. The van der Waals surface area contributed by atoms with Crippen LogP contribution in [0.25, 0.3) is 43.6 Å². The molecule has 2 bridgehead atoms.